The van der Waals surface area contributed by atoms with Gasteiger partial charge in [-0.15, -0.1) is 0 Å². The molecule has 4 unspecified atom stereocenters. The molecule has 1 heterocycles. The van der Waals surface area contributed by atoms with E-state index in [9.17, 15) is 15.0 Å². The van der Waals surface area contributed by atoms with Crippen LogP contribution in [0.15, 0.2) is 11.6 Å². The fraction of sp³-hybridized carbons (Fsp3) is 0.870. The number of rotatable bonds is 14. The molecular formula is C23H42O5. The summed E-state index contributed by atoms with van der Waals surface area (Å²) in [7, 11) is 0. The van der Waals surface area contributed by atoms with E-state index >= 15 is 0 Å². The number of aliphatic hydroxyl groups excluding tert-OH is 2. The van der Waals surface area contributed by atoms with Crippen molar-refractivity contribution in [2.75, 3.05) is 13.2 Å². The maximum Gasteiger partial charge on any atom is 0.306 e. The van der Waals surface area contributed by atoms with Crippen LogP contribution in [-0.4, -0.2) is 47.7 Å². The Kier molecular flexibility index (Phi) is 12.7. The summed E-state index contributed by atoms with van der Waals surface area (Å²) in [6.45, 7) is 9.34. The molecule has 1 rings (SSSR count). The van der Waals surface area contributed by atoms with Gasteiger partial charge in [-0.2, -0.15) is 0 Å². The van der Waals surface area contributed by atoms with E-state index in [1.807, 2.05) is 0 Å². The second-order valence-electron chi connectivity index (χ2n) is 8.85. The van der Waals surface area contributed by atoms with Gasteiger partial charge in [0.1, 0.15) is 18.8 Å². The summed E-state index contributed by atoms with van der Waals surface area (Å²) in [5.74, 6) is 1.26. The average molecular weight is 399 g/mol. The van der Waals surface area contributed by atoms with Gasteiger partial charge < -0.3 is 19.7 Å². The van der Waals surface area contributed by atoms with Gasteiger partial charge in [-0.3, -0.25) is 4.79 Å². The quantitative estimate of drug-likeness (QED) is 0.335. The summed E-state index contributed by atoms with van der Waals surface area (Å²) in [4.78, 5) is 11.8. The van der Waals surface area contributed by atoms with Gasteiger partial charge in [-0.05, 0) is 44.4 Å². The van der Waals surface area contributed by atoms with Crippen molar-refractivity contribution in [1.29, 1.82) is 0 Å². The standard InChI is InChI=1S/C23H42O5/c1-17(2)8-5-9-18(3)10-6-11-19(4)12-7-13-22(26)28-16-21(25)23-20(24)14-15-27-23/h12,17-18,20-21,23-25H,5-11,13-16H2,1-4H3/b19-12+. The molecule has 5 heteroatoms. The van der Waals surface area contributed by atoms with Crippen LogP contribution in [0.4, 0.5) is 0 Å². The van der Waals surface area contributed by atoms with Crippen molar-refractivity contribution in [2.45, 2.75) is 104 Å². The zero-order valence-corrected chi connectivity index (χ0v) is 18.4. The van der Waals surface area contributed by atoms with Gasteiger partial charge >= 0.3 is 5.97 Å². The van der Waals surface area contributed by atoms with Gasteiger partial charge in [0.2, 0.25) is 0 Å². The van der Waals surface area contributed by atoms with Crippen molar-refractivity contribution < 1.29 is 24.5 Å². The van der Waals surface area contributed by atoms with E-state index in [0.717, 1.165) is 18.3 Å². The van der Waals surface area contributed by atoms with E-state index in [4.69, 9.17) is 9.47 Å². The number of ether oxygens (including phenoxy) is 2. The molecule has 1 aliphatic rings. The lowest BCUT2D eigenvalue weighted by atomic mass is 9.94. The van der Waals surface area contributed by atoms with Gasteiger partial charge in [0, 0.05) is 13.0 Å². The predicted octanol–water partition coefficient (Wildman–Crippen LogP) is 4.40. The fourth-order valence-electron chi connectivity index (χ4n) is 3.60. The van der Waals surface area contributed by atoms with E-state index in [2.05, 4.69) is 33.8 Å². The maximum atomic E-state index is 11.8. The molecule has 0 aliphatic carbocycles. The molecule has 4 atom stereocenters. The van der Waals surface area contributed by atoms with E-state index in [1.165, 1.54) is 37.7 Å². The SMILES string of the molecule is C/C(=C\CCC(=O)OCC(O)C1OCCC1O)CCCC(C)CCCC(C)C. The summed E-state index contributed by atoms with van der Waals surface area (Å²) in [6.07, 6.45) is 8.81. The molecule has 0 bridgehead atoms. The lowest BCUT2D eigenvalue weighted by Crippen LogP contribution is -2.38. The highest BCUT2D eigenvalue weighted by Gasteiger charge is 2.33. The molecule has 1 fully saturated rings. The van der Waals surface area contributed by atoms with E-state index < -0.39 is 18.3 Å². The molecule has 0 aromatic carbocycles. The number of esters is 1. The van der Waals surface area contributed by atoms with Crippen LogP contribution in [0.3, 0.4) is 0 Å². The third-order valence-electron chi connectivity index (χ3n) is 5.49. The van der Waals surface area contributed by atoms with Crippen LogP contribution in [0.1, 0.15) is 85.5 Å². The number of allylic oxidation sites excluding steroid dienone is 2. The second kappa shape index (κ2) is 14.1. The molecule has 1 aliphatic heterocycles. The van der Waals surface area contributed by atoms with Crippen LogP contribution in [0.5, 0.6) is 0 Å². The van der Waals surface area contributed by atoms with Gasteiger partial charge in [0.15, 0.2) is 0 Å². The Hall–Kier alpha value is -0.910. The molecule has 2 N–H and O–H groups in total. The molecule has 28 heavy (non-hydrogen) atoms. The first-order chi connectivity index (χ1) is 13.3. The fourth-order valence-corrected chi connectivity index (χ4v) is 3.60. The number of carbonyl (C=O) groups is 1. The largest absolute Gasteiger partial charge is 0.463 e. The topological polar surface area (TPSA) is 76.0 Å². The van der Waals surface area contributed by atoms with Gasteiger partial charge in [0.05, 0.1) is 6.10 Å². The van der Waals surface area contributed by atoms with E-state index in [-0.39, 0.29) is 12.6 Å². The van der Waals surface area contributed by atoms with Crippen LogP contribution in [-0.2, 0) is 14.3 Å². The third-order valence-corrected chi connectivity index (χ3v) is 5.49. The molecule has 0 radical (unpaired) electrons. The number of carbonyl (C=O) groups excluding carboxylic acids is 1. The number of hydrogen-bond donors (Lipinski definition) is 2. The van der Waals surface area contributed by atoms with Crippen molar-refractivity contribution >= 4 is 5.97 Å². The first-order valence-electron chi connectivity index (χ1n) is 11.1. The molecule has 1 saturated heterocycles. The van der Waals surface area contributed by atoms with Crippen molar-refractivity contribution in [1.82, 2.24) is 0 Å². The summed E-state index contributed by atoms with van der Waals surface area (Å²) in [5, 5.41) is 19.6. The zero-order chi connectivity index (χ0) is 20.9. The van der Waals surface area contributed by atoms with Crippen LogP contribution in [0, 0.1) is 11.8 Å². The minimum absolute atomic E-state index is 0.127. The van der Waals surface area contributed by atoms with E-state index in [1.54, 1.807) is 0 Å². The van der Waals surface area contributed by atoms with Crippen molar-refractivity contribution in [3.05, 3.63) is 11.6 Å². The van der Waals surface area contributed by atoms with Gasteiger partial charge in [-0.1, -0.05) is 58.1 Å². The normalized spacial score (nSPS) is 22.5. The molecule has 0 aromatic heterocycles. The van der Waals surface area contributed by atoms with Crippen LogP contribution >= 0.6 is 0 Å². The van der Waals surface area contributed by atoms with Crippen LogP contribution in [0.25, 0.3) is 0 Å². The molecule has 0 amide bonds. The minimum Gasteiger partial charge on any atom is -0.463 e. The van der Waals surface area contributed by atoms with Crippen LogP contribution in [0.2, 0.25) is 0 Å². The van der Waals surface area contributed by atoms with E-state index in [0.29, 0.717) is 25.9 Å². The minimum atomic E-state index is -0.971. The Morgan fingerprint density at radius 3 is 2.54 bits per heavy atom. The third kappa shape index (κ3) is 11.2. The Morgan fingerprint density at radius 2 is 1.89 bits per heavy atom. The molecular weight excluding hydrogens is 356 g/mol. The van der Waals surface area contributed by atoms with Gasteiger partial charge in [0.25, 0.3) is 0 Å². The smallest absolute Gasteiger partial charge is 0.306 e. The highest BCUT2D eigenvalue weighted by atomic mass is 16.6. The lowest BCUT2D eigenvalue weighted by molar-refractivity contribution is -0.150. The Balaban J connectivity index is 2.09. The average Bonchev–Trinajstić information content (AvgIpc) is 3.05. The first-order valence-corrected chi connectivity index (χ1v) is 11.1. The summed E-state index contributed by atoms with van der Waals surface area (Å²) < 4.78 is 10.4. The van der Waals surface area contributed by atoms with Crippen LogP contribution < -0.4 is 0 Å². The second-order valence-corrected chi connectivity index (χ2v) is 8.85. The highest BCUT2D eigenvalue weighted by Crippen LogP contribution is 2.20. The zero-order valence-electron chi connectivity index (χ0n) is 18.4. The first kappa shape index (κ1) is 25.1. The Bertz CT molecular complexity index is 460. The molecule has 5 nitrogen and oxygen atoms in total. The Labute approximate surface area is 171 Å². The molecule has 0 saturated carbocycles. The predicted molar refractivity (Wildman–Crippen MR) is 112 cm³/mol. The van der Waals surface area contributed by atoms with Crippen molar-refractivity contribution in [2.24, 2.45) is 11.8 Å². The summed E-state index contributed by atoms with van der Waals surface area (Å²) in [5.41, 5.74) is 1.32. The summed E-state index contributed by atoms with van der Waals surface area (Å²) >= 11 is 0. The monoisotopic (exact) mass is 398 g/mol. The van der Waals surface area contributed by atoms with Crippen molar-refractivity contribution in [3.63, 3.8) is 0 Å². The Morgan fingerprint density at radius 1 is 1.18 bits per heavy atom. The lowest BCUT2D eigenvalue weighted by Gasteiger charge is -2.20. The van der Waals surface area contributed by atoms with Gasteiger partial charge in [-0.25, -0.2) is 0 Å². The number of hydrogen-bond acceptors (Lipinski definition) is 5. The van der Waals surface area contributed by atoms with Crippen molar-refractivity contribution in [3.8, 4) is 0 Å². The summed E-state index contributed by atoms with van der Waals surface area (Å²) in [6, 6.07) is 0. The molecule has 0 spiro atoms. The molecule has 0 aromatic rings. The number of aliphatic hydroxyl groups is 2. The highest BCUT2D eigenvalue weighted by molar-refractivity contribution is 5.69. The molecule has 164 valence electrons. The maximum absolute atomic E-state index is 11.8.